The normalized spacial score (nSPS) is 14.1. The molecule has 0 aliphatic heterocycles. The first-order valence-corrected chi connectivity index (χ1v) is 11.9. The monoisotopic (exact) mass is 453 g/mol. The molecule has 7 nitrogen and oxygen atoms in total. The zero-order valence-electron chi connectivity index (χ0n) is 18.6. The summed E-state index contributed by atoms with van der Waals surface area (Å²) in [5.41, 5.74) is 2.33. The highest BCUT2D eigenvalue weighted by Gasteiger charge is 2.24. The smallest absolute Gasteiger partial charge is 0.359 e. The Balaban J connectivity index is 1.81. The first-order chi connectivity index (χ1) is 15.4. The van der Waals surface area contributed by atoms with Gasteiger partial charge in [0.05, 0.1) is 17.7 Å². The van der Waals surface area contributed by atoms with Gasteiger partial charge in [0.15, 0.2) is 5.69 Å². The standard InChI is InChI=1S/C24H27N3O4S/c1-4-31-24(30)21-18-13-32-22(25-19(28)12-16-7-5-6-8-16)20(18)23(29)27(26-21)17-10-9-14(2)15(3)11-17/h9-11,13,16H,4-8,12H2,1-3H3,(H,25,28). The Morgan fingerprint density at radius 2 is 1.97 bits per heavy atom. The van der Waals surface area contributed by atoms with E-state index in [-0.39, 0.29) is 29.2 Å². The van der Waals surface area contributed by atoms with E-state index in [2.05, 4.69) is 10.4 Å². The van der Waals surface area contributed by atoms with E-state index in [4.69, 9.17) is 4.74 Å². The summed E-state index contributed by atoms with van der Waals surface area (Å²) >= 11 is 1.23. The van der Waals surface area contributed by atoms with Crippen LogP contribution in [-0.2, 0) is 9.53 Å². The summed E-state index contributed by atoms with van der Waals surface area (Å²) in [6.07, 6.45) is 4.90. The third-order valence-corrected chi connectivity index (χ3v) is 6.95. The lowest BCUT2D eigenvalue weighted by Gasteiger charge is -2.12. The summed E-state index contributed by atoms with van der Waals surface area (Å²) in [4.78, 5) is 38.8. The van der Waals surface area contributed by atoms with Crippen molar-refractivity contribution in [3.05, 3.63) is 50.8 Å². The van der Waals surface area contributed by atoms with Crippen molar-refractivity contribution in [1.82, 2.24) is 9.78 Å². The molecule has 1 amide bonds. The molecule has 1 aliphatic carbocycles. The predicted molar refractivity (Wildman–Crippen MR) is 126 cm³/mol. The number of carbonyl (C=O) groups is 2. The molecule has 1 aromatic carbocycles. The molecule has 2 heterocycles. The minimum atomic E-state index is -0.600. The number of nitrogens with one attached hydrogen (secondary N) is 1. The quantitative estimate of drug-likeness (QED) is 0.544. The van der Waals surface area contributed by atoms with Gasteiger partial charge in [-0.2, -0.15) is 9.78 Å². The molecule has 0 saturated heterocycles. The summed E-state index contributed by atoms with van der Waals surface area (Å²) in [6, 6.07) is 5.56. The first-order valence-electron chi connectivity index (χ1n) is 11.0. The molecule has 32 heavy (non-hydrogen) atoms. The Morgan fingerprint density at radius 1 is 1.22 bits per heavy atom. The van der Waals surface area contributed by atoms with E-state index in [0.717, 1.165) is 36.8 Å². The van der Waals surface area contributed by atoms with Gasteiger partial charge >= 0.3 is 5.97 Å². The molecule has 168 valence electrons. The highest BCUT2D eigenvalue weighted by atomic mass is 32.1. The van der Waals surface area contributed by atoms with Gasteiger partial charge in [-0.25, -0.2) is 4.79 Å². The van der Waals surface area contributed by atoms with Crippen molar-refractivity contribution in [2.45, 2.75) is 52.9 Å². The van der Waals surface area contributed by atoms with Crippen molar-refractivity contribution in [2.75, 3.05) is 11.9 Å². The lowest BCUT2D eigenvalue weighted by molar-refractivity contribution is -0.117. The van der Waals surface area contributed by atoms with Gasteiger partial charge in [-0.05, 0) is 62.8 Å². The molecular formula is C24H27N3O4S. The molecular weight excluding hydrogens is 426 g/mol. The van der Waals surface area contributed by atoms with E-state index in [1.165, 1.54) is 16.0 Å². The lowest BCUT2D eigenvalue weighted by atomic mass is 10.0. The van der Waals surface area contributed by atoms with Gasteiger partial charge in [-0.1, -0.05) is 18.9 Å². The number of benzene rings is 1. The molecule has 0 atom stereocenters. The molecule has 1 saturated carbocycles. The molecule has 4 rings (SSSR count). The molecule has 0 unspecified atom stereocenters. The number of amides is 1. The maximum atomic E-state index is 13.5. The largest absolute Gasteiger partial charge is 0.461 e. The highest BCUT2D eigenvalue weighted by Crippen LogP contribution is 2.32. The van der Waals surface area contributed by atoms with Gasteiger partial charge in [-0.3, -0.25) is 9.59 Å². The van der Waals surface area contributed by atoms with Gasteiger partial charge in [0.1, 0.15) is 5.00 Å². The third-order valence-electron chi connectivity index (χ3n) is 6.06. The highest BCUT2D eigenvalue weighted by molar-refractivity contribution is 7.16. The van der Waals surface area contributed by atoms with Crippen molar-refractivity contribution < 1.29 is 14.3 Å². The summed E-state index contributed by atoms with van der Waals surface area (Å²) in [6.45, 7) is 5.85. The predicted octanol–water partition coefficient (Wildman–Crippen LogP) is 4.76. The zero-order chi connectivity index (χ0) is 22.8. The minimum absolute atomic E-state index is 0.0622. The van der Waals surface area contributed by atoms with Crippen LogP contribution in [0.5, 0.6) is 0 Å². The molecule has 0 spiro atoms. The molecule has 2 aromatic heterocycles. The number of anilines is 1. The average Bonchev–Trinajstić information content (AvgIpc) is 3.41. The number of fused-ring (bicyclic) bond motifs is 1. The fourth-order valence-corrected chi connectivity index (χ4v) is 5.13. The fourth-order valence-electron chi connectivity index (χ4n) is 4.18. The van der Waals surface area contributed by atoms with Crippen LogP contribution >= 0.6 is 11.3 Å². The molecule has 1 aliphatic rings. The van der Waals surface area contributed by atoms with E-state index in [0.29, 0.717) is 28.4 Å². The number of esters is 1. The number of ether oxygens (including phenoxy) is 1. The van der Waals surface area contributed by atoms with Crippen molar-refractivity contribution in [3.63, 3.8) is 0 Å². The summed E-state index contributed by atoms with van der Waals surface area (Å²) in [7, 11) is 0. The summed E-state index contributed by atoms with van der Waals surface area (Å²) in [5.74, 6) is -0.311. The van der Waals surface area contributed by atoms with Gasteiger partial charge in [0, 0.05) is 17.2 Å². The Morgan fingerprint density at radius 3 is 2.66 bits per heavy atom. The fraction of sp³-hybridized carbons (Fsp3) is 0.417. The van der Waals surface area contributed by atoms with Crippen molar-refractivity contribution in [3.8, 4) is 5.69 Å². The van der Waals surface area contributed by atoms with Crippen LogP contribution in [0.15, 0.2) is 28.4 Å². The lowest BCUT2D eigenvalue weighted by Crippen LogP contribution is -2.26. The van der Waals surface area contributed by atoms with Crippen LogP contribution in [-0.4, -0.2) is 28.3 Å². The second-order valence-corrected chi connectivity index (χ2v) is 9.19. The molecule has 8 heteroatoms. The maximum absolute atomic E-state index is 13.5. The first kappa shape index (κ1) is 22.2. The number of aryl methyl sites for hydroxylation is 2. The number of hydrogen-bond donors (Lipinski definition) is 1. The van der Waals surface area contributed by atoms with E-state index in [9.17, 15) is 14.4 Å². The van der Waals surface area contributed by atoms with Crippen molar-refractivity contribution in [2.24, 2.45) is 5.92 Å². The van der Waals surface area contributed by atoms with Gasteiger partial charge in [0.25, 0.3) is 5.56 Å². The van der Waals surface area contributed by atoms with Crippen LogP contribution < -0.4 is 10.9 Å². The number of thiophene rings is 1. The molecule has 3 aromatic rings. The topological polar surface area (TPSA) is 90.3 Å². The Hall–Kier alpha value is -3.00. The van der Waals surface area contributed by atoms with Crippen LogP contribution in [0.25, 0.3) is 16.5 Å². The minimum Gasteiger partial charge on any atom is -0.461 e. The zero-order valence-corrected chi connectivity index (χ0v) is 19.4. The molecule has 0 radical (unpaired) electrons. The van der Waals surface area contributed by atoms with Gasteiger partial charge in [0.2, 0.25) is 5.91 Å². The maximum Gasteiger partial charge on any atom is 0.359 e. The summed E-state index contributed by atoms with van der Waals surface area (Å²) < 4.78 is 6.41. The Bertz CT molecular complexity index is 1240. The third kappa shape index (κ3) is 4.32. The Labute approximate surface area is 190 Å². The number of carbonyl (C=O) groups excluding carboxylic acids is 2. The Kier molecular flexibility index (Phi) is 6.41. The number of aromatic nitrogens is 2. The van der Waals surface area contributed by atoms with Crippen LogP contribution in [0.3, 0.4) is 0 Å². The second kappa shape index (κ2) is 9.24. The van der Waals surface area contributed by atoms with Crippen molar-refractivity contribution in [1.29, 1.82) is 0 Å². The van der Waals surface area contributed by atoms with Crippen molar-refractivity contribution >= 4 is 39.0 Å². The van der Waals surface area contributed by atoms with Gasteiger partial charge < -0.3 is 10.1 Å². The average molecular weight is 454 g/mol. The second-order valence-electron chi connectivity index (χ2n) is 8.31. The van der Waals surface area contributed by atoms with Crippen LogP contribution in [0.1, 0.15) is 60.6 Å². The van der Waals surface area contributed by atoms with E-state index >= 15 is 0 Å². The van der Waals surface area contributed by atoms with E-state index in [1.807, 2.05) is 26.0 Å². The molecule has 0 bridgehead atoms. The number of hydrogen-bond acceptors (Lipinski definition) is 6. The number of rotatable bonds is 6. The van der Waals surface area contributed by atoms with Gasteiger partial charge in [-0.15, -0.1) is 11.3 Å². The van der Waals surface area contributed by atoms with E-state index < -0.39 is 5.97 Å². The number of nitrogens with zero attached hydrogens (tertiary/aromatic N) is 2. The SMILES string of the molecule is CCOC(=O)c1nn(-c2ccc(C)c(C)c2)c(=O)c2c(NC(=O)CC3CCCC3)scc12. The van der Waals surface area contributed by atoms with Crippen LogP contribution in [0.4, 0.5) is 5.00 Å². The molecule has 1 fully saturated rings. The summed E-state index contributed by atoms with van der Waals surface area (Å²) in [5, 5.41) is 10.1. The van der Waals surface area contributed by atoms with E-state index in [1.54, 1.807) is 18.4 Å². The molecule has 1 N–H and O–H groups in total. The van der Waals surface area contributed by atoms with Crippen LogP contribution in [0, 0.1) is 19.8 Å². The van der Waals surface area contributed by atoms with Crippen LogP contribution in [0.2, 0.25) is 0 Å².